The fourth-order valence-electron chi connectivity index (χ4n) is 2.43. The quantitative estimate of drug-likeness (QED) is 0.461. The fraction of sp³-hybridized carbons (Fsp3) is 0.188. The van der Waals surface area contributed by atoms with Gasteiger partial charge < -0.3 is 4.79 Å². The number of halogens is 2. The molecule has 2 rings (SSSR count). The second-order valence-electron chi connectivity index (χ2n) is 4.86. The van der Waals surface area contributed by atoms with E-state index in [1.165, 1.54) is 24.3 Å². The minimum atomic E-state index is -0.774. The molecule has 0 aliphatic rings. The van der Waals surface area contributed by atoms with E-state index in [1.807, 2.05) is 0 Å². The van der Waals surface area contributed by atoms with Crippen LogP contribution in [0.25, 0.3) is 0 Å². The average Bonchev–Trinajstić information content (AvgIpc) is 2.49. The van der Waals surface area contributed by atoms with Gasteiger partial charge >= 0.3 is 0 Å². The first kappa shape index (κ1) is 16.1. The van der Waals surface area contributed by atoms with Gasteiger partial charge in [0.05, 0.1) is 11.8 Å². The Kier molecular flexibility index (Phi) is 5.22. The highest BCUT2D eigenvalue weighted by molar-refractivity contribution is 6.31. The number of benzene rings is 2. The van der Waals surface area contributed by atoms with Crippen molar-refractivity contribution in [2.45, 2.75) is 11.8 Å². The highest BCUT2D eigenvalue weighted by Crippen LogP contribution is 2.35. The predicted molar refractivity (Wildman–Crippen MR) is 81.3 cm³/mol. The summed E-state index contributed by atoms with van der Waals surface area (Å²) < 4.78 is 13.1. The molecular formula is C16H13ClFNO3. The van der Waals surface area contributed by atoms with Crippen LogP contribution in [-0.2, 0) is 4.79 Å². The van der Waals surface area contributed by atoms with Crippen LogP contribution in [-0.4, -0.2) is 17.8 Å². The number of rotatable bonds is 6. The van der Waals surface area contributed by atoms with Gasteiger partial charge in [0.25, 0.3) is 0 Å². The van der Waals surface area contributed by atoms with E-state index in [1.54, 1.807) is 24.3 Å². The summed E-state index contributed by atoms with van der Waals surface area (Å²) in [6.07, 6.45) is 0.652. The smallest absolute Gasteiger partial charge is 0.211 e. The monoisotopic (exact) mass is 321 g/mol. The van der Waals surface area contributed by atoms with Crippen LogP contribution in [0.1, 0.15) is 23.0 Å². The van der Waals surface area contributed by atoms with Crippen molar-refractivity contribution in [1.29, 1.82) is 0 Å². The van der Waals surface area contributed by atoms with Crippen molar-refractivity contribution in [2.75, 3.05) is 6.54 Å². The number of aldehydes is 1. The summed E-state index contributed by atoms with van der Waals surface area (Å²) >= 11 is 6.10. The van der Waals surface area contributed by atoms with Gasteiger partial charge in [-0.2, -0.15) is 0 Å². The van der Waals surface area contributed by atoms with E-state index in [-0.39, 0.29) is 0 Å². The Labute approximate surface area is 131 Å². The van der Waals surface area contributed by atoms with Gasteiger partial charge in [-0.1, -0.05) is 41.9 Å². The Hall–Kier alpha value is -2.27. The van der Waals surface area contributed by atoms with Crippen LogP contribution in [0.3, 0.4) is 0 Å². The van der Waals surface area contributed by atoms with Gasteiger partial charge in [0.1, 0.15) is 12.1 Å². The van der Waals surface area contributed by atoms with Gasteiger partial charge in [-0.05, 0) is 29.3 Å². The van der Waals surface area contributed by atoms with E-state index in [0.29, 0.717) is 22.4 Å². The van der Waals surface area contributed by atoms with Crippen LogP contribution in [0.15, 0.2) is 48.5 Å². The molecule has 0 bridgehead atoms. The molecule has 0 aliphatic carbocycles. The normalized spacial score (nSPS) is 13.4. The van der Waals surface area contributed by atoms with Crippen molar-refractivity contribution in [3.63, 3.8) is 0 Å². The van der Waals surface area contributed by atoms with E-state index in [4.69, 9.17) is 11.6 Å². The molecule has 2 aromatic carbocycles. The van der Waals surface area contributed by atoms with E-state index in [0.717, 1.165) is 0 Å². The molecule has 0 fully saturated rings. The summed E-state index contributed by atoms with van der Waals surface area (Å²) in [6, 6.07) is 12.1. The zero-order chi connectivity index (χ0) is 16.1. The second kappa shape index (κ2) is 7.13. The van der Waals surface area contributed by atoms with Crippen molar-refractivity contribution in [2.24, 2.45) is 0 Å². The zero-order valence-corrected chi connectivity index (χ0v) is 12.2. The molecule has 0 saturated heterocycles. The highest BCUT2D eigenvalue weighted by atomic mass is 35.5. The topological polar surface area (TPSA) is 60.2 Å². The van der Waals surface area contributed by atoms with Crippen LogP contribution >= 0.6 is 11.6 Å². The van der Waals surface area contributed by atoms with Crippen molar-refractivity contribution in [3.05, 3.63) is 80.6 Å². The van der Waals surface area contributed by atoms with Gasteiger partial charge in [0.15, 0.2) is 0 Å². The Bertz CT molecular complexity index is 675. The molecule has 114 valence electrons. The van der Waals surface area contributed by atoms with Crippen LogP contribution in [0, 0.1) is 15.9 Å². The first-order valence-electron chi connectivity index (χ1n) is 6.60. The summed E-state index contributed by atoms with van der Waals surface area (Å²) in [4.78, 5) is 22.1. The molecule has 0 amide bonds. The third-order valence-corrected chi connectivity index (χ3v) is 3.83. The maximum Gasteiger partial charge on any atom is 0.211 e. The molecule has 4 nitrogen and oxygen atoms in total. The number of nitro groups is 1. The molecular weight excluding hydrogens is 309 g/mol. The van der Waals surface area contributed by atoms with Gasteiger partial charge in [-0.15, -0.1) is 0 Å². The summed E-state index contributed by atoms with van der Waals surface area (Å²) in [5.41, 5.74) is 1.05. The first-order valence-corrected chi connectivity index (χ1v) is 6.97. The van der Waals surface area contributed by atoms with Crippen LogP contribution in [0.2, 0.25) is 5.02 Å². The molecule has 0 radical (unpaired) electrons. The van der Waals surface area contributed by atoms with Crippen molar-refractivity contribution in [3.8, 4) is 0 Å². The predicted octanol–water partition coefficient (Wildman–Crippen LogP) is 3.82. The van der Waals surface area contributed by atoms with E-state index in [9.17, 15) is 19.3 Å². The second-order valence-corrected chi connectivity index (χ2v) is 5.26. The third-order valence-electron chi connectivity index (χ3n) is 3.49. The average molecular weight is 322 g/mol. The highest BCUT2D eigenvalue weighted by Gasteiger charge is 2.30. The lowest BCUT2D eigenvalue weighted by Crippen LogP contribution is -2.21. The number of carbonyl (C=O) groups excluding carboxylic acids is 1. The molecule has 22 heavy (non-hydrogen) atoms. The largest absolute Gasteiger partial charge is 0.303 e. The number of hydrogen-bond donors (Lipinski definition) is 0. The fourth-order valence-corrected chi connectivity index (χ4v) is 2.69. The zero-order valence-electron chi connectivity index (χ0n) is 11.5. The van der Waals surface area contributed by atoms with Crippen LogP contribution in [0.5, 0.6) is 0 Å². The summed E-state index contributed by atoms with van der Waals surface area (Å²) in [5.74, 6) is -1.93. The Balaban J connectivity index is 2.46. The van der Waals surface area contributed by atoms with E-state index < -0.39 is 29.1 Å². The Morgan fingerprint density at radius 3 is 2.36 bits per heavy atom. The molecule has 0 aromatic heterocycles. The lowest BCUT2D eigenvalue weighted by Gasteiger charge is -2.21. The Morgan fingerprint density at radius 2 is 1.82 bits per heavy atom. The van der Waals surface area contributed by atoms with Crippen molar-refractivity contribution < 1.29 is 14.1 Å². The van der Waals surface area contributed by atoms with Gasteiger partial charge in [-0.3, -0.25) is 10.1 Å². The van der Waals surface area contributed by atoms with E-state index in [2.05, 4.69) is 0 Å². The molecule has 2 aromatic rings. The van der Waals surface area contributed by atoms with Gasteiger partial charge in [-0.25, -0.2) is 4.39 Å². The third kappa shape index (κ3) is 3.68. The van der Waals surface area contributed by atoms with Crippen LogP contribution < -0.4 is 0 Å². The molecule has 6 heteroatoms. The molecule has 0 spiro atoms. The van der Waals surface area contributed by atoms with Crippen molar-refractivity contribution >= 4 is 17.9 Å². The molecule has 0 N–H and O–H groups in total. The number of carbonyl (C=O) groups is 1. The standard InChI is InChI=1S/C16H13ClFNO3/c17-16-4-2-1-3-13(16)15(10-20)14(9-19(21)22)11-5-7-12(18)8-6-11/h1-8,10,14-15H,9H2/t14-,15+/m0/s1. The molecule has 0 saturated carbocycles. The summed E-state index contributed by atoms with van der Waals surface area (Å²) in [7, 11) is 0. The minimum Gasteiger partial charge on any atom is -0.303 e. The SMILES string of the molecule is O=C[C@H](c1ccccc1Cl)[C@@H](C[N+](=O)[O-])c1ccc(F)cc1. The van der Waals surface area contributed by atoms with Crippen molar-refractivity contribution in [1.82, 2.24) is 0 Å². The van der Waals surface area contributed by atoms with E-state index >= 15 is 0 Å². The lowest BCUT2D eigenvalue weighted by molar-refractivity contribution is -0.483. The molecule has 0 unspecified atom stereocenters. The molecule has 2 atom stereocenters. The van der Waals surface area contributed by atoms with Gasteiger partial charge in [0.2, 0.25) is 6.54 Å². The number of nitrogens with zero attached hydrogens (tertiary/aromatic N) is 1. The van der Waals surface area contributed by atoms with Crippen LogP contribution in [0.4, 0.5) is 4.39 Å². The maximum absolute atomic E-state index is 13.1. The summed E-state index contributed by atoms with van der Waals surface area (Å²) in [5, 5.41) is 11.3. The molecule has 0 heterocycles. The Morgan fingerprint density at radius 1 is 1.18 bits per heavy atom. The number of hydrogen-bond acceptors (Lipinski definition) is 3. The first-order chi connectivity index (χ1) is 10.5. The molecule has 0 aliphatic heterocycles. The maximum atomic E-state index is 13.1. The lowest BCUT2D eigenvalue weighted by atomic mass is 9.82. The minimum absolute atomic E-state index is 0.370. The summed E-state index contributed by atoms with van der Waals surface area (Å²) in [6.45, 7) is -0.444. The van der Waals surface area contributed by atoms with Gasteiger partial charge in [0, 0.05) is 9.95 Å².